The maximum absolute atomic E-state index is 13.0. The van der Waals surface area contributed by atoms with E-state index >= 15 is 0 Å². The van der Waals surface area contributed by atoms with Crippen molar-refractivity contribution in [2.24, 2.45) is 22.2 Å². The zero-order valence-corrected chi connectivity index (χ0v) is 19.8. The monoisotopic (exact) mass is 424 g/mol. The van der Waals surface area contributed by atoms with Gasteiger partial charge in [0.15, 0.2) is 6.61 Å². The summed E-state index contributed by atoms with van der Waals surface area (Å²) in [7, 11) is 0. The van der Waals surface area contributed by atoms with Gasteiger partial charge < -0.3 is 19.7 Å². The van der Waals surface area contributed by atoms with E-state index in [1.165, 1.54) is 0 Å². The normalized spacial score (nSPS) is 37.6. The fraction of sp³-hybridized carbons (Fsp3) is 0.917. The van der Waals surface area contributed by atoms with Crippen molar-refractivity contribution in [3.63, 3.8) is 0 Å². The van der Waals surface area contributed by atoms with Gasteiger partial charge in [-0.15, -0.1) is 0 Å². The summed E-state index contributed by atoms with van der Waals surface area (Å²) in [6, 6.07) is 0. The lowest BCUT2D eigenvalue weighted by atomic mass is 9.50. The number of aliphatic hydroxyl groups is 2. The number of esters is 2. The van der Waals surface area contributed by atoms with Gasteiger partial charge in [0.25, 0.3) is 0 Å². The van der Waals surface area contributed by atoms with E-state index in [0.29, 0.717) is 44.9 Å². The zero-order chi connectivity index (χ0) is 22.8. The number of carbonyl (C=O) groups is 2. The summed E-state index contributed by atoms with van der Waals surface area (Å²) in [6.07, 6.45) is 3.64. The van der Waals surface area contributed by atoms with Crippen molar-refractivity contribution in [2.75, 3.05) is 6.61 Å². The molecule has 0 heterocycles. The van der Waals surface area contributed by atoms with Gasteiger partial charge in [0.05, 0.1) is 16.6 Å². The number of hydrogen-bond acceptors (Lipinski definition) is 6. The molecule has 30 heavy (non-hydrogen) atoms. The summed E-state index contributed by atoms with van der Waals surface area (Å²) in [5, 5.41) is 21.7. The Morgan fingerprint density at radius 2 is 1.43 bits per heavy atom. The van der Waals surface area contributed by atoms with E-state index < -0.39 is 40.8 Å². The number of carbonyl (C=O) groups excluding carboxylic acids is 2. The molecule has 0 radical (unpaired) electrons. The summed E-state index contributed by atoms with van der Waals surface area (Å²) < 4.78 is 11.3. The fourth-order valence-electron chi connectivity index (χ4n) is 6.62. The maximum Gasteiger partial charge on any atom is 0.344 e. The molecule has 6 heteroatoms. The number of ether oxygens (including phenoxy) is 2. The minimum atomic E-state index is -0.970. The molecule has 3 unspecified atom stereocenters. The third-order valence-electron chi connectivity index (χ3n) is 7.60. The molecule has 4 rings (SSSR count). The Morgan fingerprint density at radius 1 is 0.900 bits per heavy atom. The van der Waals surface area contributed by atoms with Crippen LogP contribution in [-0.4, -0.2) is 45.6 Å². The molecule has 0 aromatic rings. The van der Waals surface area contributed by atoms with Crippen molar-refractivity contribution in [3.05, 3.63) is 0 Å². The summed E-state index contributed by atoms with van der Waals surface area (Å²) in [4.78, 5) is 25.7. The standard InChI is InChI=1S/C24H40O6/c1-19(2,3)12-21(7,20(4,5)6)18(26)29-11-17(25)30-24-10-16-8-22(27,14-24)13-23(28,9-16)15-24/h16,27-28H,8-15H2,1-7H3. The van der Waals surface area contributed by atoms with Gasteiger partial charge in [-0.25, -0.2) is 4.79 Å². The highest BCUT2D eigenvalue weighted by molar-refractivity contribution is 5.81. The van der Waals surface area contributed by atoms with Crippen LogP contribution in [0, 0.1) is 22.2 Å². The Bertz CT molecular complexity index is 696. The van der Waals surface area contributed by atoms with E-state index in [1.54, 1.807) is 0 Å². The van der Waals surface area contributed by atoms with Gasteiger partial charge in [0.1, 0.15) is 5.60 Å². The summed E-state index contributed by atoms with van der Waals surface area (Å²) in [5.74, 6) is -0.850. The van der Waals surface area contributed by atoms with Crippen LogP contribution < -0.4 is 0 Å². The van der Waals surface area contributed by atoms with Crippen molar-refractivity contribution in [1.29, 1.82) is 0 Å². The first-order chi connectivity index (χ1) is 13.4. The third-order valence-corrected chi connectivity index (χ3v) is 7.60. The van der Waals surface area contributed by atoms with Gasteiger partial charge in [-0.3, -0.25) is 4.79 Å². The second-order valence-electron chi connectivity index (χ2n) is 13.0. The first-order valence-corrected chi connectivity index (χ1v) is 11.2. The Kier molecular flexibility index (Phi) is 5.43. The second kappa shape index (κ2) is 6.93. The summed E-state index contributed by atoms with van der Waals surface area (Å²) >= 11 is 0. The number of hydrogen-bond donors (Lipinski definition) is 2. The van der Waals surface area contributed by atoms with E-state index in [9.17, 15) is 19.8 Å². The predicted octanol–water partition coefficient (Wildman–Crippen LogP) is 3.76. The first-order valence-electron chi connectivity index (χ1n) is 11.2. The maximum atomic E-state index is 13.0. The second-order valence-corrected chi connectivity index (χ2v) is 13.0. The smallest absolute Gasteiger partial charge is 0.344 e. The average molecular weight is 425 g/mol. The molecule has 172 valence electrons. The molecule has 4 bridgehead atoms. The number of rotatable bonds is 5. The zero-order valence-electron chi connectivity index (χ0n) is 19.8. The molecule has 0 aromatic carbocycles. The SMILES string of the molecule is CC(C)(C)CC(C)(C(=O)OCC(=O)OC12CC3CC(O)(CC(O)(C3)C1)C2)C(C)(C)C. The van der Waals surface area contributed by atoms with Crippen molar-refractivity contribution >= 4 is 11.9 Å². The Morgan fingerprint density at radius 3 is 1.87 bits per heavy atom. The predicted molar refractivity (Wildman–Crippen MR) is 113 cm³/mol. The van der Waals surface area contributed by atoms with E-state index in [-0.39, 0.29) is 16.7 Å². The van der Waals surface area contributed by atoms with Gasteiger partial charge in [-0.2, -0.15) is 0 Å². The first kappa shape index (κ1) is 23.5. The lowest BCUT2D eigenvalue weighted by Gasteiger charge is -2.62. The minimum absolute atomic E-state index is 0.0777. The Labute approximate surface area is 180 Å². The highest BCUT2D eigenvalue weighted by Crippen LogP contribution is 2.60. The molecule has 4 aliphatic rings. The topological polar surface area (TPSA) is 93.1 Å². The van der Waals surface area contributed by atoms with Gasteiger partial charge in [-0.1, -0.05) is 41.5 Å². The van der Waals surface area contributed by atoms with Gasteiger partial charge in [0.2, 0.25) is 0 Å². The molecular weight excluding hydrogens is 384 g/mol. The van der Waals surface area contributed by atoms with E-state index in [0.717, 1.165) is 0 Å². The molecular formula is C24H40O6. The van der Waals surface area contributed by atoms with Crippen LogP contribution in [0.3, 0.4) is 0 Å². The molecule has 2 N–H and O–H groups in total. The summed E-state index contributed by atoms with van der Waals surface area (Å²) in [5.41, 5.74) is -3.97. The molecule has 0 spiro atoms. The van der Waals surface area contributed by atoms with E-state index in [1.807, 2.05) is 27.7 Å². The Hall–Kier alpha value is -1.14. The van der Waals surface area contributed by atoms with Crippen LogP contribution in [0.2, 0.25) is 0 Å². The van der Waals surface area contributed by atoms with Gasteiger partial charge >= 0.3 is 11.9 Å². The molecule has 4 aliphatic carbocycles. The average Bonchev–Trinajstić information content (AvgIpc) is 2.45. The summed E-state index contributed by atoms with van der Waals surface area (Å²) in [6.45, 7) is 13.7. The van der Waals surface area contributed by atoms with Crippen LogP contribution in [0.1, 0.15) is 93.4 Å². The van der Waals surface area contributed by atoms with Crippen LogP contribution in [0.4, 0.5) is 0 Å². The minimum Gasteiger partial charge on any atom is -0.456 e. The molecule has 4 fully saturated rings. The largest absolute Gasteiger partial charge is 0.456 e. The lowest BCUT2D eigenvalue weighted by Crippen LogP contribution is -2.67. The van der Waals surface area contributed by atoms with Crippen molar-refractivity contribution in [2.45, 2.75) is 110 Å². The van der Waals surface area contributed by atoms with Crippen LogP contribution in [0.5, 0.6) is 0 Å². The van der Waals surface area contributed by atoms with Gasteiger partial charge in [0, 0.05) is 19.3 Å². The van der Waals surface area contributed by atoms with Crippen LogP contribution in [-0.2, 0) is 19.1 Å². The van der Waals surface area contributed by atoms with Crippen molar-refractivity contribution in [3.8, 4) is 0 Å². The molecule has 0 amide bonds. The molecule has 6 nitrogen and oxygen atoms in total. The van der Waals surface area contributed by atoms with Gasteiger partial charge in [-0.05, 0) is 49.4 Å². The van der Waals surface area contributed by atoms with Crippen LogP contribution in [0.15, 0.2) is 0 Å². The van der Waals surface area contributed by atoms with Crippen LogP contribution >= 0.6 is 0 Å². The molecule has 0 aliphatic heterocycles. The lowest BCUT2D eigenvalue weighted by molar-refractivity contribution is -0.262. The Balaban J connectivity index is 1.65. The quantitative estimate of drug-likeness (QED) is 0.653. The van der Waals surface area contributed by atoms with E-state index in [2.05, 4.69) is 20.8 Å². The molecule has 0 aromatic heterocycles. The van der Waals surface area contributed by atoms with Crippen molar-refractivity contribution in [1.82, 2.24) is 0 Å². The highest BCUT2D eigenvalue weighted by Gasteiger charge is 2.64. The molecule has 3 atom stereocenters. The fourth-order valence-corrected chi connectivity index (χ4v) is 6.62. The third kappa shape index (κ3) is 4.55. The molecule has 0 saturated heterocycles. The van der Waals surface area contributed by atoms with Crippen LogP contribution in [0.25, 0.3) is 0 Å². The highest BCUT2D eigenvalue weighted by atomic mass is 16.6. The van der Waals surface area contributed by atoms with Crippen molar-refractivity contribution < 1.29 is 29.3 Å². The van der Waals surface area contributed by atoms with E-state index in [4.69, 9.17) is 9.47 Å². The molecule has 4 saturated carbocycles.